The minimum atomic E-state index is -1.65. The lowest BCUT2D eigenvalue weighted by Gasteiger charge is -2.66. The molecule has 1 saturated heterocycles. The fraction of sp³-hybridized carbons (Fsp3) is 0.625. The number of piperidine rings is 1. The number of phenolic OH excluding ortho intramolecular Hbond substituents is 1. The van der Waals surface area contributed by atoms with Gasteiger partial charge in [0.15, 0.2) is 0 Å². The van der Waals surface area contributed by atoms with Crippen molar-refractivity contribution in [2.24, 2.45) is 11.3 Å². The Morgan fingerprint density at radius 2 is 1.81 bits per heavy atom. The molecule has 0 spiro atoms. The number of phenols is 1. The highest BCUT2D eigenvalue weighted by molar-refractivity contribution is 5.94. The Balaban J connectivity index is 1.66. The molecule has 1 aliphatic heterocycles. The Morgan fingerprint density at radius 3 is 2.44 bits per heavy atom. The van der Waals surface area contributed by atoms with Crippen LogP contribution in [0.4, 0.5) is 0 Å². The number of likely N-dealkylation sites (tertiary alicyclic amines) is 1. The molecule has 4 N–H and O–H groups in total. The topological polar surface area (TPSA) is 135 Å². The number of carbonyl (C=O) groups is 3. The summed E-state index contributed by atoms with van der Waals surface area (Å²) in [4.78, 5) is 39.2. The molecule has 2 saturated carbocycles. The van der Waals surface area contributed by atoms with Crippen molar-refractivity contribution in [2.45, 2.75) is 68.4 Å². The number of fused-ring (bicyclic) bond motifs is 1. The first-order valence-electron chi connectivity index (χ1n) is 11.3. The molecule has 1 heterocycles. The Labute approximate surface area is 185 Å². The predicted molar refractivity (Wildman–Crippen MR) is 112 cm³/mol. The van der Waals surface area contributed by atoms with Crippen molar-refractivity contribution < 1.29 is 34.8 Å². The summed E-state index contributed by atoms with van der Waals surface area (Å²) in [7, 11) is 0. The van der Waals surface area contributed by atoms with E-state index in [1.165, 1.54) is 0 Å². The van der Waals surface area contributed by atoms with E-state index in [1.54, 1.807) is 12.1 Å². The van der Waals surface area contributed by atoms with Gasteiger partial charge in [-0.2, -0.15) is 0 Å². The van der Waals surface area contributed by atoms with E-state index < -0.39 is 47.0 Å². The maximum atomic E-state index is 13.5. The number of carboxylic acids is 2. The molecule has 1 aromatic carbocycles. The first-order chi connectivity index (χ1) is 15.1. The van der Waals surface area contributed by atoms with Gasteiger partial charge in [-0.1, -0.05) is 6.07 Å². The Hall–Kier alpha value is -2.45. The van der Waals surface area contributed by atoms with Gasteiger partial charge >= 0.3 is 11.9 Å². The van der Waals surface area contributed by atoms with Crippen molar-refractivity contribution in [3.05, 3.63) is 29.3 Å². The van der Waals surface area contributed by atoms with Gasteiger partial charge < -0.3 is 20.4 Å². The lowest BCUT2D eigenvalue weighted by Crippen LogP contribution is -2.76. The van der Waals surface area contributed by atoms with E-state index in [0.29, 0.717) is 25.3 Å². The third-order valence-electron chi connectivity index (χ3n) is 8.50. The van der Waals surface area contributed by atoms with Crippen LogP contribution in [-0.2, 0) is 26.2 Å². The van der Waals surface area contributed by atoms with Crippen molar-refractivity contribution in [3.8, 4) is 5.75 Å². The average Bonchev–Trinajstić information content (AvgIpc) is 3.49. The molecular weight excluding hydrogens is 414 g/mol. The molecule has 0 aromatic heterocycles. The van der Waals surface area contributed by atoms with Gasteiger partial charge in [0, 0.05) is 24.4 Å². The standard InChI is InChI=1S/C24H29NO7/c26-16-4-3-15-7-18-24(32)13-22(10-20(28)29,11-21(30)31)19(27)9-23(24,17(15)8-16)5-6-25(18)12-14-1-2-14/h3-4,8,14,18,26,32H,1-2,5-7,9-13H2,(H,28,29)(H,30,31)/t18-,23?,24-/m1/s1. The van der Waals surface area contributed by atoms with Crippen LogP contribution < -0.4 is 0 Å². The molecule has 3 fully saturated rings. The zero-order valence-corrected chi connectivity index (χ0v) is 17.9. The fourth-order valence-corrected chi connectivity index (χ4v) is 6.90. The van der Waals surface area contributed by atoms with Crippen molar-refractivity contribution >= 4 is 17.7 Å². The Kier molecular flexibility index (Phi) is 4.70. The van der Waals surface area contributed by atoms with Gasteiger partial charge in [-0.25, -0.2) is 0 Å². The summed E-state index contributed by atoms with van der Waals surface area (Å²) in [5.41, 5.74) is -2.34. The smallest absolute Gasteiger partial charge is 0.304 e. The molecule has 8 nitrogen and oxygen atoms in total. The van der Waals surface area contributed by atoms with E-state index >= 15 is 0 Å². The number of rotatable bonds is 6. The van der Waals surface area contributed by atoms with E-state index in [4.69, 9.17) is 0 Å². The highest BCUT2D eigenvalue weighted by Gasteiger charge is 2.70. The van der Waals surface area contributed by atoms with Crippen LogP contribution in [0.25, 0.3) is 0 Å². The van der Waals surface area contributed by atoms with Gasteiger partial charge in [0.05, 0.1) is 23.9 Å². The number of ketones is 1. The van der Waals surface area contributed by atoms with Crippen molar-refractivity contribution in [2.75, 3.05) is 13.1 Å². The molecule has 32 heavy (non-hydrogen) atoms. The van der Waals surface area contributed by atoms with E-state index in [9.17, 15) is 34.8 Å². The van der Waals surface area contributed by atoms with Gasteiger partial charge in [-0.15, -0.1) is 0 Å². The number of Topliss-reactive ketones (excluding diaryl/α,β-unsaturated/α-hetero) is 1. The van der Waals surface area contributed by atoms with Crippen LogP contribution in [0.5, 0.6) is 5.75 Å². The largest absolute Gasteiger partial charge is 0.508 e. The number of aliphatic carboxylic acids is 2. The van der Waals surface area contributed by atoms with Crippen molar-refractivity contribution in [3.63, 3.8) is 0 Å². The van der Waals surface area contributed by atoms with Crippen LogP contribution in [0.15, 0.2) is 18.2 Å². The van der Waals surface area contributed by atoms with Crippen LogP contribution in [-0.4, -0.2) is 67.8 Å². The van der Waals surface area contributed by atoms with E-state index in [0.717, 1.165) is 30.5 Å². The van der Waals surface area contributed by atoms with Crippen molar-refractivity contribution in [1.82, 2.24) is 4.90 Å². The molecule has 3 aliphatic carbocycles. The molecule has 4 aliphatic rings. The molecular formula is C24H29NO7. The minimum absolute atomic E-state index is 0.0553. The summed E-state index contributed by atoms with van der Waals surface area (Å²) in [6, 6.07) is 4.76. The predicted octanol–water partition coefficient (Wildman–Crippen LogP) is 1.70. The maximum Gasteiger partial charge on any atom is 0.304 e. The van der Waals surface area contributed by atoms with Gasteiger partial charge in [-0.3, -0.25) is 19.3 Å². The van der Waals surface area contributed by atoms with Crippen LogP contribution in [0, 0.1) is 11.3 Å². The molecule has 8 heteroatoms. The molecule has 0 radical (unpaired) electrons. The summed E-state index contributed by atoms with van der Waals surface area (Å²) in [5, 5.41) is 41.7. The van der Waals surface area contributed by atoms with E-state index in [-0.39, 0.29) is 24.6 Å². The van der Waals surface area contributed by atoms with Crippen LogP contribution in [0.1, 0.15) is 56.1 Å². The summed E-state index contributed by atoms with van der Waals surface area (Å²) in [5.74, 6) is -2.27. The lowest BCUT2D eigenvalue weighted by atomic mass is 9.44. The van der Waals surface area contributed by atoms with Crippen molar-refractivity contribution in [1.29, 1.82) is 0 Å². The summed E-state index contributed by atoms with van der Waals surface area (Å²) < 4.78 is 0. The quantitative estimate of drug-likeness (QED) is 0.522. The second kappa shape index (κ2) is 7.02. The number of carboxylic acid groups (broad SMARTS) is 2. The van der Waals surface area contributed by atoms with Crippen LogP contribution >= 0.6 is 0 Å². The molecule has 5 rings (SSSR count). The first kappa shape index (κ1) is 21.4. The molecule has 1 unspecified atom stereocenters. The third-order valence-corrected chi connectivity index (χ3v) is 8.50. The number of nitrogens with zero attached hydrogens (tertiary/aromatic N) is 1. The summed E-state index contributed by atoms with van der Waals surface area (Å²) >= 11 is 0. The van der Waals surface area contributed by atoms with Gasteiger partial charge in [0.1, 0.15) is 11.5 Å². The monoisotopic (exact) mass is 443 g/mol. The van der Waals surface area contributed by atoms with Gasteiger partial charge in [0.25, 0.3) is 0 Å². The first-order valence-corrected chi connectivity index (χ1v) is 11.3. The van der Waals surface area contributed by atoms with Crippen LogP contribution in [0.2, 0.25) is 0 Å². The third kappa shape index (κ3) is 3.07. The molecule has 172 valence electrons. The van der Waals surface area contributed by atoms with Gasteiger partial charge in [0.2, 0.25) is 0 Å². The highest BCUT2D eigenvalue weighted by Crippen LogP contribution is 2.62. The molecule has 2 bridgehead atoms. The Morgan fingerprint density at radius 1 is 1.12 bits per heavy atom. The SMILES string of the molecule is O=C(O)CC1(CC(=O)O)C[C@@]2(O)[C@H]3Cc4ccc(O)cc4C2(CCN3CC2CC2)CC1=O. The van der Waals surface area contributed by atoms with E-state index in [1.807, 2.05) is 6.07 Å². The average molecular weight is 443 g/mol. The second-order valence-corrected chi connectivity index (χ2v) is 10.5. The molecule has 0 amide bonds. The number of benzene rings is 1. The highest BCUT2D eigenvalue weighted by atomic mass is 16.4. The van der Waals surface area contributed by atoms with Gasteiger partial charge in [-0.05, 0) is 67.8 Å². The summed E-state index contributed by atoms with van der Waals surface area (Å²) in [6.45, 7) is 1.55. The molecule has 1 aromatic rings. The zero-order chi connectivity index (χ0) is 22.9. The maximum absolute atomic E-state index is 13.5. The summed E-state index contributed by atoms with van der Waals surface area (Å²) in [6.07, 6.45) is 1.79. The molecule has 3 atom stereocenters. The Bertz CT molecular complexity index is 986. The number of carbonyl (C=O) groups excluding carboxylic acids is 1. The fourth-order valence-electron chi connectivity index (χ4n) is 6.90. The number of hydrogen-bond donors (Lipinski definition) is 4. The number of aliphatic hydroxyl groups is 1. The normalized spacial score (nSPS) is 33.3. The number of aromatic hydroxyl groups is 1. The number of hydrogen-bond acceptors (Lipinski definition) is 6. The zero-order valence-electron chi connectivity index (χ0n) is 17.9. The van der Waals surface area contributed by atoms with Crippen LogP contribution in [0.3, 0.4) is 0 Å². The second-order valence-electron chi connectivity index (χ2n) is 10.5. The lowest BCUT2D eigenvalue weighted by molar-refractivity contribution is -0.199. The minimum Gasteiger partial charge on any atom is -0.508 e. The van der Waals surface area contributed by atoms with E-state index in [2.05, 4.69) is 4.90 Å².